The molecule has 4 aromatic rings. The lowest BCUT2D eigenvalue weighted by molar-refractivity contribution is 0.101. The van der Waals surface area contributed by atoms with Crippen molar-refractivity contribution in [1.82, 2.24) is 4.98 Å². The Labute approximate surface area is 204 Å². The number of carbonyl (C=O) groups excluding carboxylic acids is 2. The van der Waals surface area contributed by atoms with E-state index in [1.165, 1.54) is 0 Å². The van der Waals surface area contributed by atoms with Crippen molar-refractivity contribution in [2.24, 2.45) is 0 Å². The van der Waals surface area contributed by atoms with Crippen LogP contribution in [0.25, 0.3) is 10.9 Å². The molecule has 0 saturated carbocycles. The maximum atomic E-state index is 13.2. The third-order valence-electron chi connectivity index (χ3n) is 5.78. The smallest absolute Gasteiger partial charge is 0.255 e. The van der Waals surface area contributed by atoms with Crippen LogP contribution >= 0.6 is 0 Å². The summed E-state index contributed by atoms with van der Waals surface area (Å²) in [7, 11) is 0. The van der Waals surface area contributed by atoms with Gasteiger partial charge in [-0.25, -0.2) is 0 Å². The lowest BCUT2D eigenvalue weighted by atomic mass is 10.1. The highest BCUT2D eigenvalue weighted by Gasteiger charge is 2.18. The molecule has 0 atom stereocenters. The van der Waals surface area contributed by atoms with E-state index < -0.39 is 0 Å². The van der Waals surface area contributed by atoms with Crippen LogP contribution in [0.15, 0.2) is 60.7 Å². The number of carbonyl (C=O) groups is 2. The van der Waals surface area contributed by atoms with Gasteiger partial charge in [-0.3, -0.25) is 9.59 Å². The summed E-state index contributed by atoms with van der Waals surface area (Å²) in [5.41, 5.74) is 5.15. The van der Waals surface area contributed by atoms with Crippen LogP contribution in [0.4, 0.5) is 11.4 Å². The van der Waals surface area contributed by atoms with Crippen LogP contribution in [-0.2, 0) is 0 Å². The van der Waals surface area contributed by atoms with Gasteiger partial charge in [0.1, 0.15) is 11.5 Å². The van der Waals surface area contributed by atoms with Crippen LogP contribution in [0.1, 0.15) is 45.8 Å². The van der Waals surface area contributed by atoms with Crippen LogP contribution in [0.5, 0.6) is 11.5 Å². The van der Waals surface area contributed by atoms with Gasteiger partial charge in [0.15, 0.2) is 0 Å². The second-order valence-electron chi connectivity index (χ2n) is 8.12. The fraction of sp³-hybridized carbons (Fsp3) is 0.214. The molecule has 4 rings (SSSR count). The second-order valence-corrected chi connectivity index (χ2v) is 8.12. The van der Waals surface area contributed by atoms with Gasteiger partial charge in [-0.2, -0.15) is 0 Å². The minimum Gasteiger partial charge on any atom is -0.492 e. The minimum atomic E-state index is -0.269. The molecular weight excluding hydrogens is 442 g/mol. The summed E-state index contributed by atoms with van der Waals surface area (Å²) in [4.78, 5) is 29.2. The van der Waals surface area contributed by atoms with Crippen LogP contribution < -0.4 is 20.1 Å². The summed E-state index contributed by atoms with van der Waals surface area (Å²) >= 11 is 0. The van der Waals surface area contributed by atoms with Crippen LogP contribution in [0.2, 0.25) is 0 Å². The number of nitrogens with one attached hydrogen (secondary N) is 3. The van der Waals surface area contributed by atoms with Gasteiger partial charge < -0.3 is 25.1 Å². The van der Waals surface area contributed by atoms with Crippen molar-refractivity contribution in [3.8, 4) is 11.5 Å². The van der Waals surface area contributed by atoms with Crippen LogP contribution in [-0.4, -0.2) is 30.0 Å². The lowest BCUT2D eigenvalue weighted by Crippen LogP contribution is -2.15. The van der Waals surface area contributed by atoms with Gasteiger partial charge in [-0.05, 0) is 63.6 Å². The normalized spacial score (nSPS) is 10.7. The molecule has 3 aromatic carbocycles. The molecule has 0 aliphatic carbocycles. The molecule has 0 unspecified atom stereocenters. The molecule has 180 valence electrons. The zero-order valence-electron chi connectivity index (χ0n) is 20.3. The molecule has 0 aliphatic heterocycles. The van der Waals surface area contributed by atoms with Crippen molar-refractivity contribution in [3.63, 3.8) is 0 Å². The molecule has 7 nitrogen and oxygen atoms in total. The Kier molecular flexibility index (Phi) is 7.06. The highest BCUT2D eigenvalue weighted by molar-refractivity contribution is 6.08. The Bertz CT molecular complexity index is 1380. The fourth-order valence-corrected chi connectivity index (χ4v) is 3.89. The van der Waals surface area contributed by atoms with E-state index in [4.69, 9.17) is 9.47 Å². The van der Waals surface area contributed by atoms with Gasteiger partial charge in [0.25, 0.3) is 11.8 Å². The van der Waals surface area contributed by atoms with Gasteiger partial charge >= 0.3 is 0 Å². The molecule has 0 saturated heterocycles. The SMILES string of the molecule is CCOc1cc(NC(=O)c2ccc3[nH]c(C)c(C)c3c2)c(OCC)cc1NC(=O)c1ccccc1. The molecule has 1 aromatic heterocycles. The lowest BCUT2D eigenvalue weighted by Gasteiger charge is -2.18. The number of fused-ring (bicyclic) bond motifs is 1. The number of aryl methyl sites for hydroxylation is 2. The number of benzene rings is 3. The first kappa shape index (κ1) is 23.9. The van der Waals surface area contributed by atoms with Crippen molar-refractivity contribution in [1.29, 1.82) is 0 Å². The standard InChI is InChI=1S/C28H29N3O4/c1-5-34-25-16-24(31-28(33)20-12-13-22-21(14-20)17(3)18(4)29-22)26(35-6-2)15-23(25)30-27(32)19-10-8-7-9-11-19/h7-16,29H,5-6H2,1-4H3,(H,30,32)(H,31,33). The number of hydrogen-bond donors (Lipinski definition) is 3. The molecule has 0 bridgehead atoms. The van der Waals surface area contributed by atoms with E-state index in [1.54, 1.807) is 42.5 Å². The molecule has 0 aliphatic rings. The number of amides is 2. The monoisotopic (exact) mass is 471 g/mol. The molecule has 3 N–H and O–H groups in total. The first-order chi connectivity index (χ1) is 16.9. The number of rotatable bonds is 8. The van der Waals surface area contributed by atoms with Gasteiger partial charge in [0, 0.05) is 39.9 Å². The van der Waals surface area contributed by atoms with Crippen LogP contribution in [0, 0.1) is 13.8 Å². The maximum absolute atomic E-state index is 13.2. The highest BCUT2D eigenvalue weighted by atomic mass is 16.5. The summed E-state index contributed by atoms with van der Waals surface area (Å²) in [6.07, 6.45) is 0. The first-order valence-electron chi connectivity index (χ1n) is 11.6. The highest BCUT2D eigenvalue weighted by Crippen LogP contribution is 2.37. The van der Waals surface area contributed by atoms with E-state index in [0.29, 0.717) is 47.2 Å². The van der Waals surface area contributed by atoms with E-state index in [-0.39, 0.29) is 11.8 Å². The van der Waals surface area contributed by atoms with Crippen molar-refractivity contribution in [3.05, 3.63) is 83.0 Å². The molecule has 0 radical (unpaired) electrons. The predicted molar refractivity (Wildman–Crippen MR) is 139 cm³/mol. The average Bonchev–Trinajstić information content (AvgIpc) is 3.15. The third kappa shape index (κ3) is 5.14. The Hall–Kier alpha value is -4.26. The number of aromatic amines is 1. The average molecular weight is 472 g/mol. The first-order valence-corrected chi connectivity index (χ1v) is 11.6. The van der Waals surface area contributed by atoms with E-state index in [2.05, 4.69) is 15.6 Å². The maximum Gasteiger partial charge on any atom is 0.255 e. The number of H-pyrrole nitrogens is 1. The van der Waals surface area contributed by atoms with Gasteiger partial charge in [0.2, 0.25) is 0 Å². The van der Waals surface area contributed by atoms with E-state index in [1.807, 2.05) is 45.9 Å². The number of aromatic nitrogens is 1. The van der Waals surface area contributed by atoms with Crippen molar-refractivity contribution >= 4 is 34.1 Å². The Morgan fingerprint density at radius 2 is 1.34 bits per heavy atom. The Morgan fingerprint density at radius 3 is 1.91 bits per heavy atom. The molecule has 2 amide bonds. The molecule has 7 heteroatoms. The van der Waals surface area contributed by atoms with E-state index in [9.17, 15) is 9.59 Å². The van der Waals surface area contributed by atoms with Crippen molar-refractivity contribution in [2.75, 3.05) is 23.8 Å². The molecular formula is C28H29N3O4. The van der Waals surface area contributed by atoms with Gasteiger partial charge in [-0.1, -0.05) is 18.2 Å². The van der Waals surface area contributed by atoms with Crippen molar-refractivity contribution in [2.45, 2.75) is 27.7 Å². The number of ether oxygens (including phenoxy) is 2. The summed E-state index contributed by atoms with van der Waals surface area (Å²) < 4.78 is 11.6. The Morgan fingerprint density at radius 1 is 0.771 bits per heavy atom. The largest absolute Gasteiger partial charge is 0.492 e. The quantitative estimate of drug-likeness (QED) is 0.290. The van der Waals surface area contributed by atoms with E-state index >= 15 is 0 Å². The topological polar surface area (TPSA) is 92.4 Å². The summed E-state index contributed by atoms with van der Waals surface area (Å²) in [6, 6.07) is 17.8. The van der Waals surface area contributed by atoms with Gasteiger partial charge in [0.05, 0.1) is 24.6 Å². The number of anilines is 2. The van der Waals surface area contributed by atoms with Gasteiger partial charge in [-0.15, -0.1) is 0 Å². The fourth-order valence-electron chi connectivity index (χ4n) is 3.89. The summed E-state index contributed by atoms with van der Waals surface area (Å²) in [6.45, 7) is 8.52. The summed E-state index contributed by atoms with van der Waals surface area (Å²) in [5.74, 6) is 0.330. The number of hydrogen-bond acceptors (Lipinski definition) is 4. The molecule has 1 heterocycles. The van der Waals surface area contributed by atoms with Crippen molar-refractivity contribution < 1.29 is 19.1 Å². The van der Waals surface area contributed by atoms with Crippen LogP contribution in [0.3, 0.4) is 0 Å². The third-order valence-corrected chi connectivity index (χ3v) is 5.78. The van der Waals surface area contributed by atoms with E-state index in [0.717, 1.165) is 22.2 Å². The Balaban J connectivity index is 1.66. The summed E-state index contributed by atoms with van der Waals surface area (Å²) in [5, 5.41) is 6.85. The second kappa shape index (κ2) is 10.3. The molecule has 0 spiro atoms. The molecule has 35 heavy (non-hydrogen) atoms. The minimum absolute atomic E-state index is 0.267. The predicted octanol–water partition coefficient (Wildman–Crippen LogP) is 6.09. The zero-order chi connectivity index (χ0) is 24.9. The molecule has 0 fully saturated rings. The zero-order valence-corrected chi connectivity index (χ0v) is 20.3.